The maximum atomic E-state index is 12.8. The summed E-state index contributed by atoms with van der Waals surface area (Å²) in [5, 5.41) is 3.26. The largest absolute Gasteiger partial charge is 0.325 e. The van der Waals surface area contributed by atoms with Crippen LogP contribution in [0.1, 0.15) is 18.1 Å². The fourth-order valence-electron chi connectivity index (χ4n) is 1.84. The van der Waals surface area contributed by atoms with Gasteiger partial charge in [-0.3, -0.25) is 4.79 Å². The van der Waals surface area contributed by atoms with Crippen molar-refractivity contribution in [3.05, 3.63) is 64.4 Å². The van der Waals surface area contributed by atoms with Gasteiger partial charge >= 0.3 is 0 Å². The molecular weight excluding hydrogens is 321 g/mol. The third-order valence-corrected chi connectivity index (χ3v) is 4.69. The van der Waals surface area contributed by atoms with Crippen LogP contribution in [0.3, 0.4) is 0 Å². The first kappa shape index (κ1) is 16.8. The van der Waals surface area contributed by atoms with Crippen molar-refractivity contribution in [1.29, 1.82) is 0 Å². The quantitative estimate of drug-likeness (QED) is 0.827. The fourth-order valence-corrected chi connectivity index (χ4v) is 2.86. The van der Waals surface area contributed by atoms with E-state index in [1.54, 1.807) is 24.3 Å². The molecule has 2 nitrogen and oxygen atoms in total. The van der Waals surface area contributed by atoms with Crippen LogP contribution >= 0.6 is 23.4 Å². The summed E-state index contributed by atoms with van der Waals surface area (Å²) in [7, 11) is 0. The molecule has 0 radical (unpaired) electrons. The predicted molar refractivity (Wildman–Crippen MR) is 92.0 cm³/mol. The molecule has 0 aliphatic heterocycles. The average Bonchev–Trinajstić information content (AvgIpc) is 2.50. The van der Waals surface area contributed by atoms with Crippen LogP contribution in [-0.2, 0) is 10.5 Å². The van der Waals surface area contributed by atoms with E-state index in [4.69, 9.17) is 11.6 Å². The smallest absolute Gasteiger partial charge is 0.237 e. The van der Waals surface area contributed by atoms with E-state index in [0.717, 1.165) is 16.8 Å². The molecule has 116 valence electrons. The van der Waals surface area contributed by atoms with Gasteiger partial charge < -0.3 is 5.32 Å². The highest BCUT2D eigenvalue weighted by atomic mass is 35.5. The number of thioether (sulfide) groups is 1. The van der Waals surface area contributed by atoms with Crippen molar-refractivity contribution in [1.82, 2.24) is 0 Å². The second kappa shape index (κ2) is 7.65. The summed E-state index contributed by atoms with van der Waals surface area (Å²) in [6.07, 6.45) is 0. The monoisotopic (exact) mass is 337 g/mol. The Morgan fingerprint density at radius 1 is 1.27 bits per heavy atom. The number of anilines is 1. The van der Waals surface area contributed by atoms with Crippen molar-refractivity contribution in [3.63, 3.8) is 0 Å². The van der Waals surface area contributed by atoms with E-state index < -0.39 is 0 Å². The molecule has 2 aromatic carbocycles. The summed E-state index contributed by atoms with van der Waals surface area (Å²) in [6.45, 7) is 3.77. The van der Waals surface area contributed by atoms with Crippen LogP contribution in [0.4, 0.5) is 10.1 Å². The van der Waals surface area contributed by atoms with Gasteiger partial charge in [0.25, 0.3) is 0 Å². The summed E-state index contributed by atoms with van der Waals surface area (Å²) in [5.74, 6) is 0.331. The molecule has 22 heavy (non-hydrogen) atoms. The standard InChI is InChI=1S/C17H17ClFNOS/c1-11-3-6-14(18)9-16(11)20-17(21)12(2)22-10-13-4-7-15(19)8-5-13/h3-9,12H,10H2,1-2H3,(H,20,21). The predicted octanol–water partition coefficient (Wildman–Crippen LogP) is 5.05. The number of hydrogen-bond acceptors (Lipinski definition) is 2. The SMILES string of the molecule is Cc1ccc(Cl)cc1NC(=O)C(C)SCc1ccc(F)cc1. The summed E-state index contributed by atoms with van der Waals surface area (Å²) in [6, 6.07) is 11.7. The minimum atomic E-state index is -0.254. The van der Waals surface area contributed by atoms with Gasteiger partial charge in [-0.2, -0.15) is 0 Å². The van der Waals surface area contributed by atoms with E-state index in [1.165, 1.54) is 23.9 Å². The first-order valence-corrected chi connectivity index (χ1v) is 8.31. The van der Waals surface area contributed by atoms with Crippen LogP contribution < -0.4 is 5.32 Å². The van der Waals surface area contributed by atoms with Crippen LogP contribution in [-0.4, -0.2) is 11.2 Å². The lowest BCUT2D eigenvalue weighted by molar-refractivity contribution is -0.115. The molecule has 2 rings (SSSR count). The number of nitrogens with one attached hydrogen (secondary N) is 1. The number of carbonyl (C=O) groups is 1. The van der Waals surface area contributed by atoms with Crippen molar-refractivity contribution in [3.8, 4) is 0 Å². The third-order valence-electron chi connectivity index (χ3n) is 3.24. The highest BCUT2D eigenvalue weighted by Gasteiger charge is 2.14. The van der Waals surface area contributed by atoms with Gasteiger partial charge in [0.05, 0.1) is 5.25 Å². The highest BCUT2D eigenvalue weighted by Crippen LogP contribution is 2.23. The lowest BCUT2D eigenvalue weighted by Crippen LogP contribution is -2.23. The van der Waals surface area contributed by atoms with Crippen molar-refractivity contribution in [2.45, 2.75) is 24.9 Å². The lowest BCUT2D eigenvalue weighted by atomic mass is 10.2. The van der Waals surface area contributed by atoms with Crippen LogP contribution in [0.15, 0.2) is 42.5 Å². The molecule has 0 fully saturated rings. The average molecular weight is 338 g/mol. The Hall–Kier alpha value is -1.52. The number of aryl methyl sites for hydroxylation is 1. The second-order valence-corrected chi connectivity index (χ2v) is 6.79. The molecule has 5 heteroatoms. The normalized spacial score (nSPS) is 12.0. The van der Waals surface area contributed by atoms with Gasteiger partial charge in [-0.1, -0.05) is 29.8 Å². The number of hydrogen-bond donors (Lipinski definition) is 1. The van der Waals surface area contributed by atoms with Gasteiger partial charge in [0.2, 0.25) is 5.91 Å². The molecule has 0 saturated carbocycles. The maximum Gasteiger partial charge on any atom is 0.237 e. The van der Waals surface area contributed by atoms with E-state index in [1.807, 2.05) is 19.9 Å². The van der Waals surface area contributed by atoms with Gasteiger partial charge in [-0.05, 0) is 49.2 Å². The van der Waals surface area contributed by atoms with E-state index in [-0.39, 0.29) is 17.0 Å². The van der Waals surface area contributed by atoms with Crippen molar-refractivity contribution >= 4 is 35.0 Å². The molecule has 2 aromatic rings. The molecule has 1 unspecified atom stereocenters. The zero-order valence-corrected chi connectivity index (χ0v) is 14.0. The van der Waals surface area contributed by atoms with Gasteiger partial charge in [0, 0.05) is 16.5 Å². The molecule has 1 atom stereocenters. The molecule has 0 bridgehead atoms. The molecule has 0 heterocycles. The molecule has 0 spiro atoms. The van der Waals surface area contributed by atoms with E-state index in [9.17, 15) is 9.18 Å². The van der Waals surface area contributed by atoms with Crippen LogP contribution in [0.5, 0.6) is 0 Å². The molecular formula is C17H17ClFNOS. The Labute approximate surface area is 139 Å². The Morgan fingerprint density at radius 3 is 2.64 bits per heavy atom. The zero-order valence-electron chi connectivity index (χ0n) is 12.4. The fraction of sp³-hybridized carbons (Fsp3) is 0.235. The summed E-state index contributed by atoms with van der Waals surface area (Å²) < 4.78 is 12.8. The number of halogens is 2. The first-order valence-electron chi connectivity index (χ1n) is 6.89. The Kier molecular flexibility index (Phi) is 5.86. The molecule has 0 aliphatic carbocycles. The molecule has 0 aromatic heterocycles. The van der Waals surface area contributed by atoms with Crippen molar-refractivity contribution in [2.75, 3.05) is 5.32 Å². The summed E-state index contributed by atoms with van der Waals surface area (Å²) in [4.78, 5) is 12.2. The maximum absolute atomic E-state index is 12.8. The van der Waals surface area contributed by atoms with Gasteiger partial charge in [-0.15, -0.1) is 11.8 Å². The number of amides is 1. The molecule has 1 N–H and O–H groups in total. The number of carbonyl (C=O) groups excluding carboxylic acids is 1. The van der Waals surface area contributed by atoms with Crippen LogP contribution in [0, 0.1) is 12.7 Å². The Morgan fingerprint density at radius 2 is 1.95 bits per heavy atom. The highest BCUT2D eigenvalue weighted by molar-refractivity contribution is 7.99. The Bertz CT molecular complexity index is 660. The number of benzene rings is 2. The summed E-state index contributed by atoms with van der Waals surface area (Å²) >= 11 is 7.45. The van der Waals surface area contributed by atoms with E-state index in [0.29, 0.717) is 10.8 Å². The Balaban J connectivity index is 1.91. The van der Waals surface area contributed by atoms with Gasteiger partial charge in [0.1, 0.15) is 5.82 Å². The van der Waals surface area contributed by atoms with Gasteiger partial charge in [-0.25, -0.2) is 4.39 Å². The van der Waals surface area contributed by atoms with Crippen molar-refractivity contribution in [2.24, 2.45) is 0 Å². The number of rotatable bonds is 5. The molecule has 0 aliphatic rings. The van der Waals surface area contributed by atoms with Crippen LogP contribution in [0.25, 0.3) is 0 Å². The molecule has 0 saturated heterocycles. The second-order valence-electron chi connectivity index (χ2n) is 5.03. The zero-order chi connectivity index (χ0) is 16.1. The lowest BCUT2D eigenvalue weighted by Gasteiger charge is -2.14. The van der Waals surface area contributed by atoms with Crippen LogP contribution in [0.2, 0.25) is 5.02 Å². The topological polar surface area (TPSA) is 29.1 Å². The van der Waals surface area contributed by atoms with E-state index >= 15 is 0 Å². The van der Waals surface area contributed by atoms with Gasteiger partial charge in [0.15, 0.2) is 0 Å². The summed E-state index contributed by atoms with van der Waals surface area (Å²) in [5.41, 5.74) is 2.69. The minimum absolute atomic E-state index is 0.0718. The third kappa shape index (κ3) is 4.75. The first-order chi connectivity index (χ1) is 10.5. The minimum Gasteiger partial charge on any atom is -0.325 e. The van der Waals surface area contributed by atoms with E-state index in [2.05, 4.69) is 5.32 Å². The van der Waals surface area contributed by atoms with Crippen molar-refractivity contribution < 1.29 is 9.18 Å². The molecule has 1 amide bonds.